The topological polar surface area (TPSA) is 85.3 Å². The summed E-state index contributed by atoms with van der Waals surface area (Å²) in [7, 11) is 1.58. The molecular formula is C6H7N5O2S. The smallest absolute Gasteiger partial charge is 0.345 e. The Morgan fingerprint density at radius 2 is 2.64 bits per heavy atom. The number of rotatable bonds is 3. The molecule has 0 aliphatic heterocycles. The van der Waals surface area contributed by atoms with E-state index in [1.807, 2.05) is 0 Å². The maximum atomic E-state index is 10.9. The van der Waals surface area contributed by atoms with Gasteiger partial charge < -0.3 is 9.73 Å². The van der Waals surface area contributed by atoms with Gasteiger partial charge in [0, 0.05) is 7.05 Å². The largest absolute Gasteiger partial charge is 0.396 e. The molecule has 0 saturated heterocycles. The van der Waals surface area contributed by atoms with Crippen molar-refractivity contribution in [2.24, 2.45) is 0 Å². The molecule has 0 radical (unpaired) electrons. The quantitative estimate of drug-likeness (QED) is 0.695. The second-order valence-electron chi connectivity index (χ2n) is 2.39. The van der Waals surface area contributed by atoms with Gasteiger partial charge in [-0.3, -0.25) is 4.79 Å². The van der Waals surface area contributed by atoms with Gasteiger partial charge in [0.2, 0.25) is 5.91 Å². The van der Waals surface area contributed by atoms with Crippen molar-refractivity contribution in [1.82, 2.24) is 25.1 Å². The average Bonchev–Trinajstić information content (AvgIpc) is 2.73. The molecule has 0 spiro atoms. The van der Waals surface area contributed by atoms with E-state index >= 15 is 0 Å². The van der Waals surface area contributed by atoms with Gasteiger partial charge in [-0.15, -0.1) is 10.2 Å². The molecule has 0 bridgehead atoms. The Kier molecular flexibility index (Phi) is 2.35. The van der Waals surface area contributed by atoms with Crippen LogP contribution in [0.5, 0.6) is 0 Å². The molecule has 14 heavy (non-hydrogen) atoms. The van der Waals surface area contributed by atoms with E-state index in [0.717, 1.165) is 0 Å². The van der Waals surface area contributed by atoms with Gasteiger partial charge in [0.15, 0.2) is 0 Å². The van der Waals surface area contributed by atoms with E-state index in [4.69, 9.17) is 4.42 Å². The van der Waals surface area contributed by atoms with E-state index in [0.29, 0.717) is 11.1 Å². The lowest BCUT2D eigenvalue weighted by Gasteiger charge is -1.93. The Bertz CT molecular complexity index is 421. The van der Waals surface area contributed by atoms with Gasteiger partial charge in [-0.1, -0.05) is 16.9 Å². The first-order valence-electron chi connectivity index (χ1n) is 3.80. The van der Waals surface area contributed by atoms with E-state index in [2.05, 4.69) is 20.6 Å². The summed E-state index contributed by atoms with van der Waals surface area (Å²) in [6, 6.07) is 0. The predicted octanol–water partition coefficient (Wildman–Crippen LogP) is -0.445. The molecule has 0 unspecified atom stereocenters. The highest BCUT2D eigenvalue weighted by atomic mass is 32.2. The van der Waals surface area contributed by atoms with E-state index < -0.39 is 0 Å². The lowest BCUT2D eigenvalue weighted by Crippen LogP contribution is -2.19. The summed E-state index contributed by atoms with van der Waals surface area (Å²) < 4.78 is 6.57. The number of fused-ring (bicyclic) bond motifs is 1. The molecule has 2 aromatic rings. The first-order chi connectivity index (χ1) is 6.79. The van der Waals surface area contributed by atoms with Crippen LogP contribution in [0.25, 0.3) is 5.84 Å². The second-order valence-corrected chi connectivity index (χ2v) is 3.31. The third kappa shape index (κ3) is 1.69. The van der Waals surface area contributed by atoms with Crippen LogP contribution < -0.4 is 5.32 Å². The zero-order valence-corrected chi connectivity index (χ0v) is 8.11. The normalized spacial score (nSPS) is 10.6. The van der Waals surface area contributed by atoms with Crippen molar-refractivity contribution >= 4 is 23.5 Å². The van der Waals surface area contributed by atoms with Crippen molar-refractivity contribution in [3.63, 3.8) is 0 Å². The summed E-state index contributed by atoms with van der Waals surface area (Å²) >= 11 is 1.21. The molecule has 0 fully saturated rings. The molecule has 2 heterocycles. The van der Waals surface area contributed by atoms with Crippen LogP contribution in [0.15, 0.2) is 16.0 Å². The maximum absolute atomic E-state index is 10.9. The number of amides is 1. The number of carbonyl (C=O) groups excluding carboxylic acids is 1. The Morgan fingerprint density at radius 1 is 1.79 bits per heavy atom. The fourth-order valence-corrected chi connectivity index (χ4v) is 1.48. The number of thioether (sulfide) groups is 1. The molecule has 0 saturated carbocycles. The fourth-order valence-electron chi connectivity index (χ4n) is 0.799. The van der Waals surface area contributed by atoms with Crippen molar-refractivity contribution in [2.75, 3.05) is 12.8 Å². The van der Waals surface area contributed by atoms with E-state index in [1.54, 1.807) is 7.05 Å². The van der Waals surface area contributed by atoms with Crippen molar-refractivity contribution in [1.29, 1.82) is 0 Å². The van der Waals surface area contributed by atoms with Gasteiger partial charge in [-0.2, -0.15) is 4.52 Å². The van der Waals surface area contributed by atoms with E-state index in [-0.39, 0.29) is 11.7 Å². The van der Waals surface area contributed by atoms with Crippen LogP contribution in [0.1, 0.15) is 0 Å². The van der Waals surface area contributed by atoms with Crippen molar-refractivity contribution in [2.45, 2.75) is 5.22 Å². The number of hydrogen-bond donors (Lipinski definition) is 1. The SMILES string of the molecule is CNC(=O)CSc1nn2cnnc2o1. The summed E-state index contributed by atoms with van der Waals surface area (Å²) in [5, 5.41) is 14.1. The molecule has 0 atom stereocenters. The van der Waals surface area contributed by atoms with Crippen LogP contribution in [-0.4, -0.2) is 38.5 Å². The van der Waals surface area contributed by atoms with E-state index in [1.165, 1.54) is 22.6 Å². The van der Waals surface area contributed by atoms with Crippen LogP contribution in [0.4, 0.5) is 0 Å². The maximum Gasteiger partial charge on any atom is 0.345 e. The molecule has 1 N–H and O–H groups in total. The summed E-state index contributed by atoms with van der Waals surface area (Å²) in [4.78, 5) is 10.9. The molecule has 7 nitrogen and oxygen atoms in total. The minimum atomic E-state index is -0.0797. The number of nitrogens with zero attached hydrogens (tertiary/aromatic N) is 4. The molecule has 0 aromatic carbocycles. The first-order valence-corrected chi connectivity index (χ1v) is 4.78. The standard InChI is InChI=1S/C6H7N5O2S/c1-7-4(12)2-14-6-10-11-3-8-9-5(11)13-6/h3H,2H2,1H3,(H,7,12). The van der Waals surface area contributed by atoms with Crippen LogP contribution in [0.3, 0.4) is 0 Å². The average molecular weight is 213 g/mol. The monoisotopic (exact) mass is 213 g/mol. The van der Waals surface area contributed by atoms with Crippen LogP contribution in [0, 0.1) is 0 Å². The minimum absolute atomic E-state index is 0.0797. The highest BCUT2D eigenvalue weighted by molar-refractivity contribution is 7.99. The van der Waals surface area contributed by atoms with E-state index in [9.17, 15) is 4.79 Å². The molecule has 2 rings (SSSR count). The molecular weight excluding hydrogens is 206 g/mol. The number of carbonyl (C=O) groups is 1. The van der Waals surface area contributed by atoms with Gasteiger partial charge >= 0.3 is 5.84 Å². The highest BCUT2D eigenvalue weighted by Gasteiger charge is 2.08. The number of nitrogens with one attached hydrogen (secondary N) is 1. The third-order valence-corrected chi connectivity index (χ3v) is 2.29. The molecule has 8 heteroatoms. The zero-order chi connectivity index (χ0) is 9.97. The minimum Gasteiger partial charge on any atom is -0.396 e. The van der Waals surface area contributed by atoms with Gasteiger partial charge in [-0.05, 0) is 0 Å². The van der Waals surface area contributed by atoms with Gasteiger partial charge in [-0.25, -0.2) is 0 Å². The predicted molar refractivity (Wildman–Crippen MR) is 47.8 cm³/mol. The molecule has 74 valence electrons. The third-order valence-electron chi connectivity index (χ3n) is 1.47. The lowest BCUT2D eigenvalue weighted by molar-refractivity contribution is -0.118. The van der Waals surface area contributed by atoms with Crippen molar-refractivity contribution in [3.8, 4) is 0 Å². The summed E-state index contributed by atoms with van der Waals surface area (Å²) in [6.07, 6.45) is 1.43. The van der Waals surface area contributed by atoms with Gasteiger partial charge in [0.25, 0.3) is 5.22 Å². The number of hydrogen-bond acceptors (Lipinski definition) is 6. The Morgan fingerprint density at radius 3 is 3.36 bits per heavy atom. The van der Waals surface area contributed by atoms with Crippen LogP contribution in [0.2, 0.25) is 0 Å². The fraction of sp³-hybridized carbons (Fsp3) is 0.333. The molecule has 2 aromatic heterocycles. The first kappa shape index (κ1) is 9.00. The van der Waals surface area contributed by atoms with Crippen LogP contribution >= 0.6 is 11.8 Å². The Hall–Kier alpha value is -1.57. The highest BCUT2D eigenvalue weighted by Crippen LogP contribution is 2.16. The van der Waals surface area contributed by atoms with Crippen molar-refractivity contribution in [3.05, 3.63) is 6.33 Å². The molecule has 1 amide bonds. The second kappa shape index (κ2) is 3.66. The van der Waals surface area contributed by atoms with Crippen LogP contribution in [-0.2, 0) is 4.79 Å². The Labute approximate surface area is 82.9 Å². The van der Waals surface area contributed by atoms with Gasteiger partial charge in [0.1, 0.15) is 6.33 Å². The summed E-state index contributed by atoms with van der Waals surface area (Å²) in [6.45, 7) is 0. The van der Waals surface area contributed by atoms with Crippen molar-refractivity contribution < 1.29 is 9.21 Å². The zero-order valence-electron chi connectivity index (χ0n) is 7.30. The summed E-state index contributed by atoms with van der Waals surface area (Å²) in [5.41, 5.74) is 0. The Balaban J connectivity index is 2.05. The van der Waals surface area contributed by atoms with Gasteiger partial charge in [0.05, 0.1) is 5.75 Å². The number of aromatic nitrogens is 4. The summed E-state index contributed by atoms with van der Waals surface area (Å²) in [5.74, 6) is 0.515. The molecule has 0 aliphatic carbocycles. The molecule has 0 aliphatic rings. The lowest BCUT2D eigenvalue weighted by atomic mass is 10.7.